The largest absolute Gasteiger partial charge is 0.337 e. The number of imidazole rings is 1. The van der Waals surface area contributed by atoms with Crippen molar-refractivity contribution in [3.63, 3.8) is 0 Å². The SMILES string of the molecule is CC(C)n1c(=O)n(C(=O)NCC2C3CC4CC2CN(C4)C3)c2ccccc21. The lowest BCUT2D eigenvalue weighted by Crippen LogP contribution is -2.59. The van der Waals surface area contributed by atoms with E-state index in [-0.39, 0.29) is 17.8 Å². The number of hydrogen-bond donors (Lipinski definition) is 1. The second-order valence-electron chi connectivity index (χ2n) is 9.00. The summed E-state index contributed by atoms with van der Waals surface area (Å²) >= 11 is 0. The van der Waals surface area contributed by atoms with Gasteiger partial charge < -0.3 is 10.2 Å². The third-order valence-corrected chi connectivity index (χ3v) is 6.97. The van der Waals surface area contributed by atoms with Gasteiger partial charge in [0.15, 0.2) is 0 Å². The predicted octanol–water partition coefficient (Wildman–Crippen LogP) is 2.53. The van der Waals surface area contributed by atoms with E-state index in [1.165, 1.54) is 37.0 Å². The molecule has 2 atom stereocenters. The highest BCUT2D eigenvalue weighted by Gasteiger charge is 2.47. The molecule has 144 valence electrons. The number of rotatable bonds is 3. The van der Waals surface area contributed by atoms with Crippen LogP contribution in [0.1, 0.15) is 32.7 Å². The summed E-state index contributed by atoms with van der Waals surface area (Å²) in [5, 5.41) is 3.10. The van der Waals surface area contributed by atoms with Crippen molar-refractivity contribution >= 4 is 17.1 Å². The molecule has 1 aromatic heterocycles. The predicted molar refractivity (Wildman–Crippen MR) is 105 cm³/mol. The van der Waals surface area contributed by atoms with Crippen LogP contribution in [0.25, 0.3) is 11.0 Å². The van der Waals surface area contributed by atoms with Gasteiger partial charge in [-0.3, -0.25) is 4.57 Å². The topological polar surface area (TPSA) is 59.3 Å². The fourth-order valence-corrected chi connectivity index (χ4v) is 5.99. The highest BCUT2D eigenvalue weighted by atomic mass is 16.2. The number of carbonyl (C=O) groups excluding carboxylic acids is 1. The lowest BCUT2D eigenvalue weighted by Gasteiger charge is -2.56. The first-order valence-corrected chi connectivity index (χ1v) is 10.3. The van der Waals surface area contributed by atoms with Gasteiger partial charge in [0.25, 0.3) is 0 Å². The highest BCUT2D eigenvalue weighted by molar-refractivity contribution is 5.89. The molecule has 4 bridgehead atoms. The number of fused-ring (bicyclic) bond motifs is 1. The van der Waals surface area contributed by atoms with Crippen LogP contribution in [-0.2, 0) is 0 Å². The molecule has 1 aromatic carbocycles. The zero-order valence-corrected chi connectivity index (χ0v) is 16.1. The Bertz CT molecular complexity index is 913. The molecule has 2 unspecified atom stereocenters. The van der Waals surface area contributed by atoms with Crippen LogP contribution in [0.5, 0.6) is 0 Å². The van der Waals surface area contributed by atoms with E-state index in [0.29, 0.717) is 29.8 Å². The molecule has 1 N–H and O–H groups in total. The van der Waals surface area contributed by atoms with Crippen LogP contribution in [0.4, 0.5) is 4.79 Å². The van der Waals surface area contributed by atoms with E-state index in [1.807, 2.05) is 38.1 Å². The summed E-state index contributed by atoms with van der Waals surface area (Å²) in [7, 11) is 0. The van der Waals surface area contributed by atoms with Crippen LogP contribution in [0.3, 0.4) is 0 Å². The molecule has 6 rings (SSSR count). The van der Waals surface area contributed by atoms with Gasteiger partial charge >= 0.3 is 11.7 Å². The van der Waals surface area contributed by atoms with Crippen molar-refractivity contribution in [2.45, 2.75) is 32.7 Å². The van der Waals surface area contributed by atoms with Crippen LogP contribution >= 0.6 is 0 Å². The number of nitrogens with zero attached hydrogens (tertiary/aromatic N) is 3. The first-order chi connectivity index (χ1) is 13.0. The molecule has 1 aliphatic carbocycles. The molecule has 0 spiro atoms. The monoisotopic (exact) mass is 368 g/mol. The Hall–Kier alpha value is -2.08. The lowest BCUT2D eigenvalue weighted by atomic mass is 9.62. The molecular formula is C21H28N4O2. The van der Waals surface area contributed by atoms with Crippen molar-refractivity contribution in [1.29, 1.82) is 0 Å². The van der Waals surface area contributed by atoms with Gasteiger partial charge in [-0.05, 0) is 62.5 Å². The smallest absolute Gasteiger partial charge is 0.337 e. The summed E-state index contributed by atoms with van der Waals surface area (Å²) in [4.78, 5) is 28.5. The fraction of sp³-hybridized carbons (Fsp3) is 0.619. The van der Waals surface area contributed by atoms with Crippen molar-refractivity contribution in [2.75, 3.05) is 26.2 Å². The number of amides is 1. The number of nitrogens with one attached hydrogen (secondary N) is 1. The van der Waals surface area contributed by atoms with Crippen molar-refractivity contribution in [2.24, 2.45) is 23.7 Å². The van der Waals surface area contributed by atoms with Gasteiger partial charge in [-0.1, -0.05) is 12.1 Å². The van der Waals surface area contributed by atoms with E-state index in [9.17, 15) is 9.59 Å². The summed E-state index contributed by atoms with van der Waals surface area (Å²) in [6.07, 6.45) is 2.61. The fourth-order valence-electron chi connectivity index (χ4n) is 5.99. The highest BCUT2D eigenvalue weighted by Crippen LogP contribution is 2.46. The Morgan fingerprint density at radius 3 is 2.41 bits per heavy atom. The van der Waals surface area contributed by atoms with Crippen LogP contribution in [0.15, 0.2) is 29.1 Å². The third-order valence-electron chi connectivity index (χ3n) is 6.97. The van der Waals surface area contributed by atoms with Gasteiger partial charge in [0.1, 0.15) is 0 Å². The molecule has 4 heterocycles. The second kappa shape index (κ2) is 6.23. The van der Waals surface area contributed by atoms with E-state index < -0.39 is 0 Å². The maximum Gasteiger partial charge on any atom is 0.337 e. The van der Waals surface area contributed by atoms with Crippen molar-refractivity contribution in [3.05, 3.63) is 34.7 Å². The van der Waals surface area contributed by atoms with Gasteiger partial charge in [-0.25, -0.2) is 14.2 Å². The summed E-state index contributed by atoms with van der Waals surface area (Å²) in [5.41, 5.74) is 1.25. The second-order valence-corrected chi connectivity index (χ2v) is 9.00. The number of para-hydroxylation sites is 2. The molecule has 27 heavy (non-hydrogen) atoms. The van der Waals surface area contributed by atoms with Gasteiger partial charge in [-0.2, -0.15) is 0 Å². The molecule has 3 aliphatic heterocycles. The Balaban J connectivity index is 1.39. The quantitative estimate of drug-likeness (QED) is 0.906. The number of carbonyl (C=O) groups is 1. The molecule has 1 amide bonds. The first-order valence-electron chi connectivity index (χ1n) is 10.3. The molecule has 6 heteroatoms. The van der Waals surface area contributed by atoms with E-state index >= 15 is 0 Å². The van der Waals surface area contributed by atoms with E-state index in [2.05, 4.69) is 10.2 Å². The maximum atomic E-state index is 13.0. The number of aromatic nitrogens is 2. The Kier molecular flexibility index (Phi) is 3.93. The third kappa shape index (κ3) is 2.64. The zero-order valence-electron chi connectivity index (χ0n) is 16.1. The number of piperidine rings is 3. The Morgan fingerprint density at radius 1 is 1.11 bits per heavy atom. The van der Waals surface area contributed by atoms with Crippen LogP contribution < -0.4 is 11.0 Å². The van der Waals surface area contributed by atoms with Crippen molar-refractivity contribution in [1.82, 2.24) is 19.4 Å². The van der Waals surface area contributed by atoms with Gasteiger partial charge in [0.2, 0.25) is 0 Å². The Morgan fingerprint density at radius 2 is 1.78 bits per heavy atom. The standard InChI is InChI=1S/C21H28N4O2/c1-13(2)24-18-5-3-4-6-19(18)25(21(24)27)20(26)22-9-17-15-7-14-8-16(17)12-23(10-14)11-15/h3-6,13-17H,7-12H2,1-2H3,(H,22,26). The lowest BCUT2D eigenvalue weighted by molar-refractivity contribution is -0.0622. The average Bonchev–Trinajstić information content (AvgIpc) is 2.92. The molecule has 1 saturated carbocycles. The minimum Gasteiger partial charge on any atom is -0.337 e. The molecular weight excluding hydrogens is 340 g/mol. The van der Waals surface area contributed by atoms with Crippen LogP contribution in [0, 0.1) is 23.7 Å². The zero-order chi connectivity index (χ0) is 18.7. The summed E-state index contributed by atoms with van der Waals surface area (Å²) in [6, 6.07) is 7.27. The van der Waals surface area contributed by atoms with Crippen molar-refractivity contribution in [3.8, 4) is 0 Å². The van der Waals surface area contributed by atoms with Crippen LogP contribution in [0.2, 0.25) is 0 Å². The summed E-state index contributed by atoms with van der Waals surface area (Å²) in [6.45, 7) is 8.26. The molecule has 0 radical (unpaired) electrons. The molecule has 4 fully saturated rings. The van der Waals surface area contributed by atoms with E-state index in [0.717, 1.165) is 11.4 Å². The average molecular weight is 368 g/mol. The minimum absolute atomic E-state index is 0.00919. The van der Waals surface area contributed by atoms with Gasteiger partial charge in [0, 0.05) is 32.2 Å². The van der Waals surface area contributed by atoms with E-state index in [1.54, 1.807) is 4.57 Å². The maximum absolute atomic E-state index is 13.0. The number of hydrogen-bond acceptors (Lipinski definition) is 3. The molecule has 6 nitrogen and oxygen atoms in total. The summed E-state index contributed by atoms with van der Waals surface area (Å²) in [5.74, 6) is 2.81. The van der Waals surface area contributed by atoms with Gasteiger partial charge in [0.05, 0.1) is 11.0 Å². The van der Waals surface area contributed by atoms with Crippen LogP contribution in [-0.4, -0.2) is 46.2 Å². The molecule has 3 saturated heterocycles. The molecule has 2 aromatic rings. The van der Waals surface area contributed by atoms with Gasteiger partial charge in [-0.15, -0.1) is 0 Å². The summed E-state index contributed by atoms with van der Waals surface area (Å²) < 4.78 is 3.01. The van der Waals surface area contributed by atoms with Crippen molar-refractivity contribution < 1.29 is 4.79 Å². The Labute approximate surface area is 159 Å². The normalized spacial score (nSPS) is 31.7. The number of benzene rings is 1. The van der Waals surface area contributed by atoms with E-state index in [4.69, 9.17) is 0 Å². The molecule has 4 aliphatic rings. The minimum atomic E-state index is -0.287. The first kappa shape index (κ1) is 17.0.